The first-order valence-electron chi connectivity index (χ1n) is 11.4. The SMILES string of the molecule is CCOc1ccccc1C(=O)NCCCC(=O)Nc1ccnn1Cc1cccc2ccccc12. The van der Waals surface area contributed by atoms with Crippen LogP contribution in [0.4, 0.5) is 5.82 Å². The van der Waals surface area contributed by atoms with Crippen molar-refractivity contribution >= 4 is 28.4 Å². The minimum Gasteiger partial charge on any atom is -0.493 e. The van der Waals surface area contributed by atoms with Gasteiger partial charge in [0.05, 0.1) is 24.9 Å². The van der Waals surface area contributed by atoms with Crippen LogP contribution < -0.4 is 15.4 Å². The van der Waals surface area contributed by atoms with Crippen molar-refractivity contribution in [2.45, 2.75) is 26.3 Å². The summed E-state index contributed by atoms with van der Waals surface area (Å²) in [4.78, 5) is 24.9. The van der Waals surface area contributed by atoms with Gasteiger partial charge in [-0.25, -0.2) is 4.68 Å². The second kappa shape index (κ2) is 11.1. The van der Waals surface area contributed by atoms with E-state index in [2.05, 4.69) is 40.0 Å². The van der Waals surface area contributed by atoms with Gasteiger partial charge in [0.2, 0.25) is 5.91 Å². The average Bonchev–Trinajstić information content (AvgIpc) is 3.28. The average molecular weight is 457 g/mol. The van der Waals surface area contributed by atoms with Gasteiger partial charge in [-0.05, 0) is 41.8 Å². The Kier molecular flexibility index (Phi) is 7.55. The lowest BCUT2D eigenvalue weighted by Crippen LogP contribution is -2.26. The zero-order valence-electron chi connectivity index (χ0n) is 19.2. The monoisotopic (exact) mass is 456 g/mol. The summed E-state index contributed by atoms with van der Waals surface area (Å²) in [5.41, 5.74) is 1.62. The molecule has 34 heavy (non-hydrogen) atoms. The number of fused-ring (bicyclic) bond motifs is 1. The van der Waals surface area contributed by atoms with Crippen molar-refractivity contribution in [3.05, 3.63) is 90.1 Å². The highest BCUT2D eigenvalue weighted by Crippen LogP contribution is 2.21. The number of para-hydroxylation sites is 1. The molecule has 4 aromatic rings. The summed E-state index contributed by atoms with van der Waals surface area (Å²) < 4.78 is 7.29. The number of anilines is 1. The number of amides is 2. The molecule has 0 spiro atoms. The number of benzene rings is 3. The third-order valence-electron chi connectivity index (χ3n) is 5.48. The highest BCUT2D eigenvalue weighted by Gasteiger charge is 2.12. The predicted molar refractivity (Wildman–Crippen MR) is 133 cm³/mol. The summed E-state index contributed by atoms with van der Waals surface area (Å²) in [6, 6.07) is 23.3. The molecule has 7 nitrogen and oxygen atoms in total. The summed E-state index contributed by atoms with van der Waals surface area (Å²) in [5, 5.41) is 12.5. The molecule has 1 aromatic heterocycles. The van der Waals surface area contributed by atoms with E-state index in [0.29, 0.717) is 43.2 Å². The number of rotatable bonds is 10. The van der Waals surface area contributed by atoms with Crippen LogP contribution >= 0.6 is 0 Å². The minimum atomic E-state index is -0.211. The second-order valence-corrected chi connectivity index (χ2v) is 7.85. The second-order valence-electron chi connectivity index (χ2n) is 7.85. The fourth-order valence-corrected chi connectivity index (χ4v) is 3.84. The number of hydrogen-bond donors (Lipinski definition) is 2. The van der Waals surface area contributed by atoms with Gasteiger partial charge in [0, 0.05) is 19.0 Å². The van der Waals surface area contributed by atoms with Crippen molar-refractivity contribution in [3.8, 4) is 5.75 Å². The van der Waals surface area contributed by atoms with Crippen LogP contribution in [0, 0.1) is 0 Å². The van der Waals surface area contributed by atoms with Gasteiger partial charge in [-0.3, -0.25) is 9.59 Å². The van der Waals surface area contributed by atoms with Crippen molar-refractivity contribution in [1.82, 2.24) is 15.1 Å². The minimum absolute atomic E-state index is 0.122. The molecule has 7 heteroatoms. The van der Waals surface area contributed by atoms with E-state index in [9.17, 15) is 9.59 Å². The Morgan fingerprint density at radius 3 is 2.65 bits per heavy atom. The Balaban J connectivity index is 1.29. The molecule has 0 aliphatic rings. The Hall–Kier alpha value is -4.13. The Labute approximate surface area is 198 Å². The van der Waals surface area contributed by atoms with Crippen LogP contribution in [0.1, 0.15) is 35.7 Å². The van der Waals surface area contributed by atoms with E-state index in [-0.39, 0.29) is 18.2 Å². The molecule has 0 bridgehead atoms. The van der Waals surface area contributed by atoms with Crippen LogP contribution in [0.25, 0.3) is 10.8 Å². The lowest BCUT2D eigenvalue weighted by atomic mass is 10.0. The molecule has 0 atom stereocenters. The number of hydrogen-bond acceptors (Lipinski definition) is 4. The van der Waals surface area contributed by atoms with Crippen molar-refractivity contribution in [1.29, 1.82) is 0 Å². The first kappa shape index (κ1) is 23.0. The van der Waals surface area contributed by atoms with E-state index in [1.807, 2.05) is 31.2 Å². The molecule has 0 unspecified atom stereocenters. The molecule has 0 fully saturated rings. The van der Waals surface area contributed by atoms with Crippen molar-refractivity contribution < 1.29 is 14.3 Å². The molecular formula is C27H28N4O3. The molecule has 1 heterocycles. The third-order valence-corrected chi connectivity index (χ3v) is 5.48. The van der Waals surface area contributed by atoms with Crippen molar-refractivity contribution in [3.63, 3.8) is 0 Å². The number of carbonyl (C=O) groups is 2. The van der Waals surface area contributed by atoms with Crippen LogP contribution in [-0.2, 0) is 11.3 Å². The molecule has 0 saturated carbocycles. The fourth-order valence-electron chi connectivity index (χ4n) is 3.84. The number of aromatic nitrogens is 2. The molecule has 3 aromatic carbocycles. The molecule has 0 radical (unpaired) electrons. The molecule has 0 saturated heterocycles. The van der Waals surface area contributed by atoms with Crippen molar-refractivity contribution in [2.75, 3.05) is 18.5 Å². The molecular weight excluding hydrogens is 428 g/mol. The topological polar surface area (TPSA) is 85.2 Å². The van der Waals surface area contributed by atoms with Crippen LogP contribution in [0.3, 0.4) is 0 Å². The molecule has 2 N–H and O–H groups in total. The van der Waals surface area contributed by atoms with Crippen LogP contribution in [-0.4, -0.2) is 34.7 Å². The number of carbonyl (C=O) groups excluding carboxylic acids is 2. The van der Waals surface area contributed by atoms with E-state index in [1.54, 1.807) is 35.1 Å². The van der Waals surface area contributed by atoms with Crippen LogP contribution in [0.2, 0.25) is 0 Å². The highest BCUT2D eigenvalue weighted by atomic mass is 16.5. The molecule has 2 amide bonds. The van der Waals surface area contributed by atoms with E-state index in [0.717, 1.165) is 5.56 Å². The van der Waals surface area contributed by atoms with Gasteiger partial charge in [-0.1, -0.05) is 54.6 Å². The van der Waals surface area contributed by atoms with E-state index in [4.69, 9.17) is 4.74 Å². The largest absolute Gasteiger partial charge is 0.493 e. The maximum atomic E-state index is 12.5. The zero-order valence-corrected chi connectivity index (χ0v) is 19.2. The number of nitrogens with one attached hydrogen (secondary N) is 2. The van der Waals surface area contributed by atoms with Gasteiger partial charge in [-0.15, -0.1) is 0 Å². The number of ether oxygens (including phenoxy) is 1. The lowest BCUT2D eigenvalue weighted by molar-refractivity contribution is -0.116. The molecule has 174 valence electrons. The van der Waals surface area contributed by atoms with E-state index < -0.39 is 0 Å². The van der Waals surface area contributed by atoms with Gasteiger partial charge in [0.25, 0.3) is 5.91 Å². The van der Waals surface area contributed by atoms with Crippen molar-refractivity contribution in [2.24, 2.45) is 0 Å². The van der Waals surface area contributed by atoms with Gasteiger partial charge in [0.15, 0.2) is 0 Å². The van der Waals surface area contributed by atoms with E-state index in [1.165, 1.54) is 10.8 Å². The predicted octanol–water partition coefficient (Wildman–Crippen LogP) is 4.63. The highest BCUT2D eigenvalue weighted by molar-refractivity contribution is 5.97. The Bertz CT molecular complexity index is 1280. The summed E-state index contributed by atoms with van der Waals surface area (Å²) in [5.74, 6) is 0.869. The van der Waals surface area contributed by atoms with Crippen LogP contribution in [0.5, 0.6) is 5.75 Å². The normalized spacial score (nSPS) is 10.7. The summed E-state index contributed by atoms with van der Waals surface area (Å²) in [6.07, 6.45) is 2.48. The smallest absolute Gasteiger partial charge is 0.255 e. The quantitative estimate of drug-likeness (QED) is 0.341. The van der Waals surface area contributed by atoms with Gasteiger partial charge >= 0.3 is 0 Å². The standard InChI is InChI=1S/C27H28N4O3/c1-2-34-24-14-6-5-13-23(24)27(33)28-17-8-15-26(32)30-25-16-18-29-31(25)19-21-11-7-10-20-9-3-4-12-22(20)21/h3-7,9-14,16,18H,2,8,15,17,19H2,1H3,(H,28,33)(H,30,32). The first-order chi connectivity index (χ1) is 16.7. The molecule has 4 rings (SSSR count). The van der Waals surface area contributed by atoms with Crippen LogP contribution in [0.15, 0.2) is 79.0 Å². The molecule has 0 aliphatic heterocycles. The van der Waals surface area contributed by atoms with Gasteiger partial charge in [0.1, 0.15) is 11.6 Å². The first-order valence-corrected chi connectivity index (χ1v) is 11.4. The fraction of sp³-hybridized carbons (Fsp3) is 0.222. The van der Waals surface area contributed by atoms with Gasteiger partial charge in [-0.2, -0.15) is 5.10 Å². The molecule has 0 aliphatic carbocycles. The third kappa shape index (κ3) is 5.61. The Morgan fingerprint density at radius 2 is 1.76 bits per heavy atom. The zero-order chi connectivity index (χ0) is 23.8. The number of nitrogens with zero attached hydrogens (tertiary/aromatic N) is 2. The lowest BCUT2D eigenvalue weighted by Gasteiger charge is -2.12. The maximum Gasteiger partial charge on any atom is 0.255 e. The van der Waals surface area contributed by atoms with E-state index >= 15 is 0 Å². The summed E-state index contributed by atoms with van der Waals surface area (Å²) in [6.45, 7) is 3.31. The Morgan fingerprint density at radius 1 is 0.971 bits per heavy atom. The summed E-state index contributed by atoms with van der Waals surface area (Å²) in [7, 11) is 0. The van der Waals surface area contributed by atoms with Gasteiger partial charge < -0.3 is 15.4 Å². The maximum absolute atomic E-state index is 12.5. The summed E-state index contributed by atoms with van der Waals surface area (Å²) >= 11 is 0.